The summed E-state index contributed by atoms with van der Waals surface area (Å²) in [6.07, 6.45) is -2.95. The molecule has 0 amide bonds. The molecule has 1 saturated heterocycles. The van der Waals surface area contributed by atoms with Crippen molar-refractivity contribution in [3.8, 4) is 11.5 Å². The smallest absolute Gasteiger partial charge is 0.432 e. The first-order valence-electron chi connectivity index (χ1n) is 10.6. The topological polar surface area (TPSA) is 36.9 Å². The number of hydrogen-bond acceptors (Lipinski definition) is 4. The zero-order valence-corrected chi connectivity index (χ0v) is 18.2. The minimum Gasteiger partial charge on any atom is -0.485 e. The van der Waals surface area contributed by atoms with Crippen LogP contribution in [0.1, 0.15) is 43.6 Å². The van der Waals surface area contributed by atoms with E-state index in [0.717, 1.165) is 19.3 Å². The maximum absolute atomic E-state index is 14.6. The van der Waals surface area contributed by atoms with Crippen LogP contribution in [-0.2, 0) is 15.6 Å². The number of unbranched alkanes of at least 4 members (excludes halogenated alkanes) is 1. The van der Waals surface area contributed by atoms with Gasteiger partial charge in [0.25, 0.3) is 0 Å². The van der Waals surface area contributed by atoms with Crippen molar-refractivity contribution >= 4 is 0 Å². The van der Waals surface area contributed by atoms with Gasteiger partial charge in [-0.3, -0.25) is 0 Å². The molecule has 0 aromatic heterocycles. The van der Waals surface area contributed by atoms with Crippen LogP contribution in [0.15, 0.2) is 24.3 Å². The summed E-state index contributed by atoms with van der Waals surface area (Å²) in [6, 6.07) is 1.91. The zero-order valence-electron chi connectivity index (χ0n) is 18.2. The van der Waals surface area contributed by atoms with Crippen LogP contribution in [0.5, 0.6) is 11.5 Å². The highest BCUT2D eigenvalue weighted by Crippen LogP contribution is 2.38. The van der Waals surface area contributed by atoms with E-state index in [1.807, 2.05) is 6.92 Å². The maximum atomic E-state index is 14.6. The molecule has 0 aliphatic carbocycles. The fourth-order valence-electron chi connectivity index (χ4n) is 3.48. The van der Waals surface area contributed by atoms with E-state index in [9.17, 15) is 30.7 Å². The van der Waals surface area contributed by atoms with E-state index >= 15 is 0 Å². The van der Waals surface area contributed by atoms with Crippen molar-refractivity contribution in [1.29, 1.82) is 0 Å². The predicted molar refractivity (Wildman–Crippen MR) is 106 cm³/mol. The molecule has 1 fully saturated rings. The van der Waals surface area contributed by atoms with Gasteiger partial charge in [0, 0.05) is 23.6 Å². The van der Waals surface area contributed by atoms with Crippen LogP contribution < -0.4 is 9.47 Å². The highest BCUT2D eigenvalue weighted by atomic mass is 19.3. The molecule has 3 rings (SSSR count). The Labute approximate surface area is 191 Å². The summed E-state index contributed by atoms with van der Waals surface area (Å²) >= 11 is 0. The minimum atomic E-state index is -4.63. The Morgan fingerprint density at radius 3 is 2.06 bits per heavy atom. The zero-order chi connectivity index (χ0) is 24.9. The molecule has 1 aliphatic rings. The van der Waals surface area contributed by atoms with E-state index in [0.29, 0.717) is 24.3 Å². The van der Waals surface area contributed by atoms with Crippen LogP contribution in [0.25, 0.3) is 0 Å². The maximum Gasteiger partial charge on any atom is 0.432 e. The lowest BCUT2D eigenvalue weighted by atomic mass is 10.0. The second-order valence-corrected chi connectivity index (χ2v) is 7.74. The van der Waals surface area contributed by atoms with Crippen LogP contribution in [-0.4, -0.2) is 26.5 Å². The molecule has 0 radical (unpaired) electrons. The Kier molecular flexibility index (Phi) is 8.64. The number of ether oxygens (including phenoxy) is 4. The molecule has 1 aliphatic heterocycles. The third kappa shape index (κ3) is 6.12. The third-order valence-corrected chi connectivity index (χ3v) is 5.10. The summed E-state index contributed by atoms with van der Waals surface area (Å²) in [5.41, 5.74) is -1.90. The Hall–Kier alpha value is -2.53. The van der Waals surface area contributed by atoms with Crippen LogP contribution >= 0.6 is 0 Å². The quantitative estimate of drug-likeness (QED) is 0.349. The van der Waals surface area contributed by atoms with Gasteiger partial charge in [0.15, 0.2) is 23.7 Å². The van der Waals surface area contributed by atoms with Gasteiger partial charge in [-0.25, -0.2) is 22.0 Å². The van der Waals surface area contributed by atoms with Crippen molar-refractivity contribution < 1.29 is 49.7 Å². The van der Waals surface area contributed by atoms with Gasteiger partial charge in [-0.05, 0) is 18.6 Å². The number of halogens is 7. The van der Waals surface area contributed by atoms with Gasteiger partial charge < -0.3 is 18.9 Å². The van der Waals surface area contributed by atoms with Crippen LogP contribution in [0.3, 0.4) is 0 Å². The van der Waals surface area contributed by atoms with Crippen LogP contribution in [0, 0.1) is 29.2 Å². The summed E-state index contributed by atoms with van der Waals surface area (Å²) in [5.74, 6) is -8.18. The second-order valence-electron chi connectivity index (χ2n) is 7.74. The molecule has 0 N–H and O–H groups in total. The summed E-state index contributed by atoms with van der Waals surface area (Å²) in [4.78, 5) is 0. The summed E-state index contributed by atoms with van der Waals surface area (Å²) in [5, 5.41) is 0. The molecular weight excluding hydrogens is 473 g/mol. The SMILES string of the molecule is CCCCC1COC(c2cc(F)c(C(F)(F)Oc3cc(F)c(OCCF)c(F)c3)c(F)c2)OC1. The van der Waals surface area contributed by atoms with Crippen LogP contribution in [0.4, 0.5) is 30.7 Å². The van der Waals surface area contributed by atoms with Gasteiger partial charge in [-0.1, -0.05) is 19.8 Å². The van der Waals surface area contributed by atoms with Crippen molar-refractivity contribution in [2.24, 2.45) is 5.92 Å². The normalized spacial score (nSPS) is 18.7. The van der Waals surface area contributed by atoms with Gasteiger partial charge in [0.05, 0.1) is 13.2 Å². The molecule has 0 saturated carbocycles. The average molecular weight is 496 g/mol. The van der Waals surface area contributed by atoms with E-state index in [-0.39, 0.29) is 24.7 Å². The molecule has 4 nitrogen and oxygen atoms in total. The molecule has 0 atom stereocenters. The monoisotopic (exact) mass is 496 g/mol. The van der Waals surface area contributed by atoms with E-state index in [2.05, 4.69) is 9.47 Å². The first kappa shape index (κ1) is 26.1. The predicted octanol–water partition coefficient (Wildman–Crippen LogP) is 6.57. The van der Waals surface area contributed by atoms with Gasteiger partial charge in [-0.15, -0.1) is 0 Å². The number of benzene rings is 2. The fourth-order valence-corrected chi connectivity index (χ4v) is 3.48. The Morgan fingerprint density at radius 2 is 1.53 bits per heavy atom. The summed E-state index contributed by atoms with van der Waals surface area (Å²) in [7, 11) is 0. The molecule has 2 aromatic carbocycles. The fraction of sp³-hybridized carbons (Fsp3) is 0.478. The first-order chi connectivity index (χ1) is 16.2. The lowest BCUT2D eigenvalue weighted by Crippen LogP contribution is -2.28. The largest absolute Gasteiger partial charge is 0.485 e. The standard InChI is InChI=1S/C23H23F7O4/c1-2-3-4-13-11-32-22(33-12-13)14-7-16(25)20(17(26)8-14)23(29,30)34-15-9-18(27)21(19(28)10-15)31-6-5-24/h7-10,13,22H,2-6,11-12H2,1H3. The van der Waals surface area contributed by atoms with Crippen molar-refractivity contribution in [1.82, 2.24) is 0 Å². The van der Waals surface area contributed by atoms with Crippen molar-refractivity contribution in [2.75, 3.05) is 26.5 Å². The highest BCUT2D eigenvalue weighted by molar-refractivity contribution is 5.36. The van der Waals surface area contributed by atoms with Crippen molar-refractivity contribution in [3.05, 3.63) is 58.7 Å². The molecule has 34 heavy (non-hydrogen) atoms. The van der Waals surface area contributed by atoms with E-state index < -0.39 is 66.0 Å². The highest BCUT2D eigenvalue weighted by Gasteiger charge is 2.42. The summed E-state index contributed by atoms with van der Waals surface area (Å²) < 4.78 is 118. The Morgan fingerprint density at radius 1 is 0.941 bits per heavy atom. The molecule has 0 bridgehead atoms. The van der Waals surface area contributed by atoms with E-state index in [1.54, 1.807) is 0 Å². The average Bonchev–Trinajstić information content (AvgIpc) is 2.76. The number of rotatable bonds is 10. The first-order valence-corrected chi connectivity index (χ1v) is 10.6. The van der Waals surface area contributed by atoms with Gasteiger partial charge in [-0.2, -0.15) is 8.78 Å². The third-order valence-electron chi connectivity index (χ3n) is 5.10. The van der Waals surface area contributed by atoms with E-state index in [1.165, 1.54) is 0 Å². The molecule has 188 valence electrons. The van der Waals surface area contributed by atoms with E-state index in [4.69, 9.17) is 9.47 Å². The van der Waals surface area contributed by atoms with Gasteiger partial charge in [0.1, 0.15) is 36.2 Å². The molecule has 11 heteroatoms. The lowest BCUT2D eigenvalue weighted by Gasteiger charge is -2.30. The van der Waals surface area contributed by atoms with Gasteiger partial charge in [0.2, 0.25) is 0 Å². The summed E-state index contributed by atoms with van der Waals surface area (Å²) in [6.45, 7) is 0.903. The minimum absolute atomic E-state index is 0.123. The molecule has 2 aromatic rings. The van der Waals surface area contributed by atoms with Crippen molar-refractivity contribution in [2.45, 2.75) is 38.6 Å². The molecular formula is C23H23F7O4. The lowest BCUT2D eigenvalue weighted by molar-refractivity contribution is -0.206. The molecule has 1 heterocycles. The number of hydrogen-bond donors (Lipinski definition) is 0. The number of alkyl halides is 3. The Balaban J connectivity index is 1.76. The molecule has 0 spiro atoms. The Bertz CT molecular complexity index is 932. The molecule has 0 unspecified atom stereocenters. The second kappa shape index (κ2) is 11.3. The van der Waals surface area contributed by atoms with Gasteiger partial charge >= 0.3 is 6.11 Å². The van der Waals surface area contributed by atoms with Crippen molar-refractivity contribution in [3.63, 3.8) is 0 Å². The van der Waals surface area contributed by atoms with Crippen LogP contribution in [0.2, 0.25) is 0 Å².